The largest absolute Gasteiger partial charge is 0.366 e. The number of hydrogen-bond acceptors (Lipinski definition) is 6. The SMILES string of the molecule is O=C(Cn1cc(Nc2nccc(NCc3c(F)cc(F)cc3F)n2)cn1)NCCF. The highest BCUT2D eigenvalue weighted by Crippen LogP contribution is 2.17. The third-order valence-electron chi connectivity index (χ3n) is 3.82. The Bertz CT molecular complexity index is 1000. The van der Waals surface area contributed by atoms with Gasteiger partial charge in [0.05, 0.1) is 11.9 Å². The van der Waals surface area contributed by atoms with Crippen molar-refractivity contribution in [2.24, 2.45) is 0 Å². The van der Waals surface area contributed by atoms with E-state index in [1.807, 2.05) is 0 Å². The van der Waals surface area contributed by atoms with Crippen molar-refractivity contribution in [3.8, 4) is 0 Å². The average molecular weight is 423 g/mol. The molecule has 3 N–H and O–H groups in total. The predicted molar refractivity (Wildman–Crippen MR) is 100 cm³/mol. The molecule has 2 heterocycles. The number of halogens is 4. The standard InChI is InChI=1S/C18H17F4N7O/c19-2-4-23-17(30)10-29-9-12(7-26-29)27-18-24-3-1-16(28-18)25-8-13-14(21)5-11(20)6-15(13)22/h1,3,5-7,9H,2,4,8,10H2,(H,23,30)(H2,24,25,27,28). The van der Waals surface area contributed by atoms with E-state index in [2.05, 4.69) is 31.0 Å². The Hall–Kier alpha value is -3.70. The first-order chi connectivity index (χ1) is 14.4. The van der Waals surface area contributed by atoms with Crippen LogP contribution in [-0.4, -0.2) is 38.9 Å². The number of nitrogens with zero attached hydrogens (tertiary/aromatic N) is 4. The van der Waals surface area contributed by atoms with Gasteiger partial charge in [0, 0.05) is 43.2 Å². The summed E-state index contributed by atoms with van der Waals surface area (Å²) in [4.78, 5) is 19.8. The third kappa shape index (κ3) is 5.65. The maximum absolute atomic E-state index is 13.7. The molecular formula is C18H17F4N7O. The van der Waals surface area contributed by atoms with E-state index in [1.54, 1.807) is 0 Å². The Morgan fingerprint density at radius 2 is 1.93 bits per heavy atom. The molecule has 0 atom stereocenters. The maximum Gasteiger partial charge on any atom is 0.241 e. The van der Waals surface area contributed by atoms with Gasteiger partial charge in [-0.2, -0.15) is 10.1 Å². The molecule has 0 fully saturated rings. The van der Waals surface area contributed by atoms with E-state index >= 15 is 0 Å². The molecule has 1 aromatic carbocycles. The number of aromatic nitrogens is 4. The summed E-state index contributed by atoms with van der Waals surface area (Å²) in [5.41, 5.74) is 0.165. The van der Waals surface area contributed by atoms with Crippen LogP contribution in [0.4, 0.5) is 35.0 Å². The molecule has 0 unspecified atom stereocenters. The number of carbonyl (C=O) groups is 1. The highest BCUT2D eigenvalue weighted by atomic mass is 19.1. The summed E-state index contributed by atoms with van der Waals surface area (Å²) in [5, 5.41) is 12.0. The van der Waals surface area contributed by atoms with Crippen LogP contribution < -0.4 is 16.0 Å². The second kappa shape index (κ2) is 9.67. The second-order valence-corrected chi connectivity index (χ2v) is 6.06. The van der Waals surface area contributed by atoms with Crippen molar-refractivity contribution in [3.63, 3.8) is 0 Å². The highest BCUT2D eigenvalue weighted by Gasteiger charge is 2.12. The monoisotopic (exact) mass is 423 g/mol. The molecular weight excluding hydrogens is 406 g/mol. The summed E-state index contributed by atoms with van der Waals surface area (Å²) in [5.74, 6) is -2.95. The fourth-order valence-electron chi connectivity index (χ4n) is 2.47. The van der Waals surface area contributed by atoms with Gasteiger partial charge in [0.25, 0.3) is 0 Å². The Labute approximate surface area is 168 Å². The third-order valence-corrected chi connectivity index (χ3v) is 3.82. The van der Waals surface area contributed by atoms with Gasteiger partial charge in [-0.25, -0.2) is 22.5 Å². The van der Waals surface area contributed by atoms with Crippen molar-refractivity contribution in [2.75, 3.05) is 23.9 Å². The molecule has 1 amide bonds. The van der Waals surface area contributed by atoms with Crippen molar-refractivity contribution in [1.82, 2.24) is 25.1 Å². The summed E-state index contributed by atoms with van der Waals surface area (Å²) in [6, 6.07) is 2.69. The molecule has 3 aromatic rings. The van der Waals surface area contributed by atoms with Crippen LogP contribution in [0.3, 0.4) is 0 Å². The van der Waals surface area contributed by atoms with E-state index in [1.165, 1.54) is 29.3 Å². The van der Waals surface area contributed by atoms with Gasteiger partial charge in [0.1, 0.15) is 36.5 Å². The molecule has 3 rings (SSSR count). The molecule has 0 aliphatic carbocycles. The number of anilines is 3. The zero-order valence-corrected chi connectivity index (χ0v) is 15.5. The number of nitrogens with one attached hydrogen (secondary N) is 3. The maximum atomic E-state index is 13.7. The summed E-state index contributed by atoms with van der Waals surface area (Å²) < 4.78 is 53.8. The zero-order valence-electron chi connectivity index (χ0n) is 15.5. The predicted octanol–water partition coefficient (Wildman–Crippen LogP) is 2.53. The van der Waals surface area contributed by atoms with E-state index in [9.17, 15) is 22.4 Å². The molecule has 0 aliphatic rings. The number of alkyl halides is 1. The van der Waals surface area contributed by atoms with Crippen molar-refractivity contribution in [2.45, 2.75) is 13.1 Å². The van der Waals surface area contributed by atoms with Crippen LogP contribution in [-0.2, 0) is 17.9 Å². The number of carbonyl (C=O) groups excluding carboxylic acids is 1. The quantitative estimate of drug-likeness (QED) is 0.458. The van der Waals surface area contributed by atoms with Gasteiger partial charge in [-0.05, 0) is 6.07 Å². The van der Waals surface area contributed by atoms with Gasteiger partial charge in [0.15, 0.2) is 0 Å². The van der Waals surface area contributed by atoms with Gasteiger partial charge in [-0.15, -0.1) is 0 Å². The van der Waals surface area contributed by atoms with Gasteiger partial charge >= 0.3 is 0 Å². The van der Waals surface area contributed by atoms with Crippen LogP contribution in [0.15, 0.2) is 36.8 Å². The number of hydrogen-bond donors (Lipinski definition) is 3. The van der Waals surface area contributed by atoms with Crippen molar-refractivity contribution >= 4 is 23.4 Å². The molecule has 0 spiro atoms. The molecule has 0 saturated carbocycles. The van der Waals surface area contributed by atoms with Crippen molar-refractivity contribution in [1.29, 1.82) is 0 Å². The van der Waals surface area contributed by atoms with Crippen LogP contribution in [0.25, 0.3) is 0 Å². The zero-order chi connectivity index (χ0) is 21.5. The summed E-state index contributed by atoms with van der Waals surface area (Å²) in [6.45, 7) is -1.05. The first kappa shape index (κ1) is 21.0. The first-order valence-electron chi connectivity index (χ1n) is 8.77. The van der Waals surface area contributed by atoms with Crippen LogP contribution in [0.5, 0.6) is 0 Å². The average Bonchev–Trinajstić information content (AvgIpc) is 3.12. The highest BCUT2D eigenvalue weighted by molar-refractivity contribution is 5.75. The minimum atomic E-state index is -1.00. The van der Waals surface area contributed by atoms with Crippen molar-refractivity contribution < 1.29 is 22.4 Å². The first-order valence-corrected chi connectivity index (χ1v) is 8.77. The lowest BCUT2D eigenvalue weighted by Gasteiger charge is -2.09. The van der Waals surface area contributed by atoms with Gasteiger partial charge in [-0.3, -0.25) is 9.48 Å². The molecule has 12 heteroatoms. The normalized spacial score (nSPS) is 10.7. The second-order valence-electron chi connectivity index (χ2n) is 6.06. The molecule has 0 bridgehead atoms. The summed E-state index contributed by atoms with van der Waals surface area (Å²) in [7, 11) is 0. The Kier molecular flexibility index (Phi) is 6.78. The van der Waals surface area contributed by atoms with Crippen LogP contribution >= 0.6 is 0 Å². The van der Waals surface area contributed by atoms with E-state index in [4.69, 9.17) is 0 Å². The topological polar surface area (TPSA) is 96.8 Å². The van der Waals surface area contributed by atoms with E-state index < -0.39 is 24.1 Å². The number of amides is 1. The van der Waals surface area contributed by atoms with Gasteiger partial charge in [-0.1, -0.05) is 0 Å². The van der Waals surface area contributed by atoms with Crippen LogP contribution in [0, 0.1) is 17.5 Å². The van der Waals surface area contributed by atoms with E-state index in [0.29, 0.717) is 17.8 Å². The minimum absolute atomic E-state index is 0.0649. The van der Waals surface area contributed by atoms with E-state index in [0.717, 1.165) is 0 Å². The van der Waals surface area contributed by atoms with Crippen LogP contribution in [0.2, 0.25) is 0 Å². The fourth-order valence-corrected chi connectivity index (χ4v) is 2.47. The lowest BCUT2D eigenvalue weighted by Crippen LogP contribution is -2.29. The molecule has 0 saturated heterocycles. The molecule has 30 heavy (non-hydrogen) atoms. The summed E-state index contributed by atoms with van der Waals surface area (Å²) in [6.07, 6.45) is 4.39. The molecule has 0 radical (unpaired) electrons. The smallest absolute Gasteiger partial charge is 0.241 e. The Balaban J connectivity index is 1.60. The Morgan fingerprint density at radius 3 is 2.67 bits per heavy atom. The van der Waals surface area contributed by atoms with Crippen LogP contribution in [0.1, 0.15) is 5.56 Å². The minimum Gasteiger partial charge on any atom is -0.366 e. The van der Waals surface area contributed by atoms with Gasteiger partial charge in [0.2, 0.25) is 11.9 Å². The lowest BCUT2D eigenvalue weighted by atomic mass is 10.2. The summed E-state index contributed by atoms with van der Waals surface area (Å²) >= 11 is 0. The van der Waals surface area contributed by atoms with Gasteiger partial charge < -0.3 is 16.0 Å². The molecule has 2 aromatic heterocycles. The number of rotatable bonds is 9. The molecule has 158 valence electrons. The Morgan fingerprint density at radius 1 is 1.17 bits per heavy atom. The lowest BCUT2D eigenvalue weighted by molar-refractivity contribution is -0.121. The molecule has 0 aliphatic heterocycles. The molecule has 8 nitrogen and oxygen atoms in total. The van der Waals surface area contributed by atoms with Crippen molar-refractivity contribution in [3.05, 3.63) is 59.8 Å². The number of benzene rings is 1. The van der Waals surface area contributed by atoms with E-state index in [-0.39, 0.29) is 42.9 Å². The fraction of sp³-hybridized carbons (Fsp3) is 0.222.